The van der Waals surface area contributed by atoms with E-state index in [9.17, 15) is 0 Å². The van der Waals surface area contributed by atoms with E-state index in [1.54, 1.807) is 14.2 Å². The van der Waals surface area contributed by atoms with Crippen LogP contribution in [-0.4, -0.2) is 14.2 Å². The molecule has 2 unspecified atom stereocenters. The van der Waals surface area contributed by atoms with Crippen molar-refractivity contribution in [3.63, 3.8) is 0 Å². The zero-order valence-corrected chi connectivity index (χ0v) is 11.5. The van der Waals surface area contributed by atoms with E-state index < -0.39 is 0 Å². The quantitative estimate of drug-likeness (QED) is 0.895. The van der Waals surface area contributed by atoms with Gasteiger partial charge in [0.15, 0.2) is 0 Å². The number of hydrogen-bond acceptors (Lipinski definition) is 3. The highest BCUT2D eigenvalue weighted by Gasteiger charge is 2.38. The Labute approximate surface area is 109 Å². The summed E-state index contributed by atoms with van der Waals surface area (Å²) < 4.78 is 10.7. The number of nitrogens with two attached hydrogens (primary N) is 1. The summed E-state index contributed by atoms with van der Waals surface area (Å²) in [6, 6.07) is 5.94. The molecule has 18 heavy (non-hydrogen) atoms. The van der Waals surface area contributed by atoms with Gasteiger partial charge in [0, 0.05) is 17.2 Å². The zero-order valence-electron chi connectivity index (χ0n) is 11.5. The lowest BCUT2D eigenvalue weighted by atomic mass is 9.70. The van der Waals surface area contributed by atoms with Crippen molar-refractivity contribution in [3.8, 4) is 11.5 Å². The number of rotatable bonds is 3. The topological polar surface area (TPSA) is 44.5 Å². The first-order valence-electron chi connectivity index (χ1n) is 6.63. The van der Waals surface area contributed by atoms with E-state index >= 15 is 0 Å². The highest BCUT2D eigenvalue weighted by molar-refractivity contribution is 5.45. The van der Waals surface area contributed by atoms with Crippen LogP contribution in [0.15, 0.2) is 18.2 Å². The van der Waals surface area contributed by atoms with Crippen molar-refractivity contribution in [2.45, 2.75) is 38.1 Å². The molecule has 3 nitrogen and oxygen atoms in total. The van der Waals surface area contributed by atoms with Crippen molar-refractivity contribution < 1.29 is 9.47 Å². The van der Waals surface area contributed by atoms with Gasteiger partial charge in [-0.1, -0.05) is 19.8 Å². The maximum Gasteiger partial charge on any atom is 0.127 e. The molecule has 1 aliphatic carbocycles. The summed E-state index contributed by atoms with van der Waals surface area (Å²) >= 11 is 0. The summed E-state index contributed by atoms with van der Waals surface area (Å²) in [4.78, 5) is 0. The van der Waals surface area contributed by atoms with Crippen LogP contribution in [0.4, 0.5) is 0 Å². The van der Waals surface area contributed by atoms with Crippen molar-refractivity contribution in [2.75, 3.05) is 14.2 Å². The Morgan fingerprint density at radius 3 is 2.61 bits per heavy atom. The maximum absolute atomic E-state index is 6.67. The van der Waals surface area contributed by atoms with Crippen LogP contribution in [0.5, 0.6) is 11.5 Å². The molecule has 0 aromatic heterocycles. The van der Waals surface area contributed by atoms with E-state index in [4.69, 9.17) is 15.2 Å². The average Bonchev–Trinajstić information content (AvgIpc) is 2.41. The maximum atomic E-state index is 6.67. The number of benzene rings is 1. The predicted octanol–water partition coefficient (Wildman–Crippen LogP) is 3.07. The zero-order chi connectivity index (χ0) is 13.2. The summed E-state index contributed by atoms with van der Waals surface area (Å²) in [5.74, 6) is 2.13. The lowest BCUT2D eigenvalue weighted by Gasteiger charge is -2.40. The van der Waals surface area contributed by atoms with Crippen LogP contribution in [0.25, 0.3) is 0 Å². The molecule has 0 radical (unpaired) electrons. The third-order valence-electron chi connectivity index (χ3n) is 4.27. The second-order valence-electron chi connectivity index (χ2n) is 5.25. The summed E-state index contributed by atoms with van der Waals surface area (Å²) in [5, 5.41) is 0. The predicted molar refractivity (Wildman–Crippen MR) is 73.0 cm³/mol. The molecule has 1 saturated carbocycles. The van der Waals surface area contributed by atoms with Gasteiger partial charge in [0.05, 0.1) is 14.2 Å². The Bertz CT molecular complexity index is 419. The van der Waals surface area contributed by atoms with Gasteiger partial charge in [0.2, 0.25) is 0 Å². The van der Waals surface area contributed by atoms with Gasteiger partial charge in [-0.2, -0.15) is 0 Å². The summed E-state index contributed by atoms with van der Waals surface area (Å²) in [6.45, 7) is 2.24. The molecule has 0 saturated heterocycles. The van der Waals surface area contributed by atoms with Gasteiger partial charge >= 0.3 is 0 Å². The van der Waals surface area contributed by atoms with Crippen LogP contribution in [-0.2, 0) is 5.54 Å². The number of ether oxygens (including phenoxy) is 2. The second-order valence-corrected chi connectivity index (χ2v) is 5.25. The highest BCUT2D eigenvalue weighted by atomic mass is 16.5. The molecular weight excluding hydrogens is 226 g/mol. The fourth-order valence-electron chi connectivity index (χ4n) is 2.96. The first-order valence-corrected chi connectivity index (χ1v) is 6.63. The van der Waals surface area contributed by atoms with Gasteiger partial charge < -0.3 is 15.2 Å². The monoisotopic (exact) mass is 249 g/mol. The molecule has 0 aliphatic heterocycles. The van der Waals surface area contributed by atoms with E-state index in [0.717, 1.165) is 23.5 Å². The molecular formula is C15H23NO2. The largest absolute Gasteiger partial charge is 0.497 e. The van der Waals surface area contributed by atoms with E-state index in [-0.39, 0.29) is 5.54 Å². The molecule has 0 spiro atoms. The van der Waals surface area contributed by atoms with Gasteiger partial charge in [-0.15, -0.1) is 0 Å². The molecule has 0 heterocycles. The SMILES string of the molecule is COc1ccc(C2(N)CCCCC2C)c(OC)c1. The third kappa shape index (κ3) is 2.19. The lowest BCUT2D eigenvalue weighted by molar-refractivity contribution is 0.201. The van der Waals surface area contributed by atoms with E-state index in [1.807, 2.05) is 12.1 Å². The fourth-order valence-corrected chi connectivity index (χ4v) is 2.96. The Morgan fingerprint density at radius 2 is 2.00 bits per heavy atom. The Morgan fingerprint density at radius 1 is 1.22 bits per heavy atom. The first kappa shape index (κ1) is 13.2. The Hall–Kier alpha value is -1.22. The van der Waals surface area contributed by atoms with Crippen molar-refractivity contribution in [3.05, 3.63) is 23.8 Å². The van der Waals surface area contributed by atoms with Gasteiger partial charge in [-0.3, -0.25) is 0 Å². The van der Waals surface area contributed by atoms with Gasteiger partial charge in [-0.05, 0) is 30.9 Å². The van der Waals surface area contributed by atoms with Crippen molar-refractivity contribution >= 4 is 0 Å². The van der Waals surface area contributed by atoms with Crippen molar-refractivity contribution in [1.82, 2.24) is 0 Å². The molecule has 0 amide bonds. The lowest BCUT2D eigenvalue weighted by Crippen LogP contribution is -2.45. The summed E-state index contributed by atoms with van der Waals surface area (Å²) in [5.41, 5.74) is 7.51. The molecule has 1 aliphatic rings. The van der Waals surface area contributed by atoms with E-state index in [1.165, 1.54) is 19.3 Å². The van der Waals surface area contributed by atoms with Crippen molar-refractivity contribution in [1.29, 1.82) is 0 Å². The fraction of sp³-hybridized carbons (Fsp3) is 0.600. The van der Waals surface area contributed by atoms with E-state index in [0.29, 0.717) is 5.92 Å². The second kappa shape index (κ2) is 5.19. The molecule has 100 valence electrons. The van der Waals surface area contributed by atoms with Crippen LogP contribution in [0.3, 0.4) is 0 Å². The third-order valence-corrected chi connectivity index (χ3v) is 4.27. The molecule has 0 bridgehead atoms. The minimum atomic E-state index is -0.268. The number of methoxy groups -OCH3 is 2. The Balaban J connectivity index is 2.42. The van der Waals surface area contributed by atoms with Crippen LogP contribution >= 0.6 is 0 Å². The molecule has 2 rings (SSSR count). The molecule has 3 heteroatoms. The minimum absolute atomic E-state index is 0.268. The standard InChI is InChI=1S/C15H23NO2/c1-11-6-4-5-9-15(11,16)13-8-7-12(17-2)10-14(13)18-3/h7-8,10-11H,4-6,9,16H2,1-3H3. The Kier molecular flexibility index (Phi) is 3.81. The van der Waals surface area contributed by atoms with Crippen molar-refractivity contribution in [2.24, 2.45) is 11.7 Å². The average molecular weight is 249 g/mol. The molecule has 2 atom stereocenters. The highest BCUT2D eigenvalue weighted by Crippen LogP contribution is 2.43. The minimum Gasteiger partial charge on any atom is -0.497 e. The number of hydrogen-bond donors (Lipinski definition) is 1. The molecule has 2 N–H and O–H groups in total. The van der Waals surface area contributed by atoms with Gasteiger partial charge in [-0.25, -0.2) is 0 Å². The van der Waals surface area contributed by atoms with Crippen LogP contribution in [0.1, 0.15) is 38.2 Å². The summed E-state index contributed by atoms with van der Waals surface area (Å²) in [7, 11) is 3.35. The normalized spacial score (nSPS) is 27.9. The smallest absolute Gasteiger partial charge is 0.127 e. The van der Waals surface area contributed by atoms with Gasteiger partial charge in [0.25, 0.3) is 0 Å². The van der Waals surface area contributed by atoms with Crippen LogP contribution in [0, 0.1) is 5.92 Å². The molecule has 1 aromatic carbocycles. The molecule has 1 fully saturated rings. The first-order chi connectivity index (χ1) is 8.61. The van der Waals surface area contributed by atoms with Crippen LogP contribution in [0.2, 0.25) is 0 Å². The van der Waals surface area contributed by atoms with Crippen LogP contribution < -0.4 is 15.2 Å². The molecule has 1 aromatic rings. The summed E-state index contributed by atoms with van der Waals surface area (Å²) in [6.07, 6.45) is 4.68. The van der Waals surface area contributed by atoms with E-state index in [2.05, 4.69) is 13.0 Å². The van der Waals surface area contributed by atoms with Gasteiger partial charge in [0.1, 0.15) is 11.5 Å².